The number of halogens is 1. The minimum absolute atomic E-state index is 0.325. The van der Waals surface area contributed by atoms with Gasteiger partial charge in [0.15, 0.2) is 0 Å². The number of nitrogens with one attached hydrogen (secondary N) is 1. The van der Waals surface area contributed by atoms with Gasteiger partial charge in [-0.2, -0.15) is 0 Å². The first-order chi connectivity index (χ1) is 8.81. The van der Waals surface area contributed by atoms with E-state index in [2.05, 4.69) is 15.3 Å². The van der Waals surface area contributed by atoms with Crippen LogP contribution in [0.25, 0.3) is 11.3 Å². The molecule has 0 saturated heterocycles. The molecule has 0 unspecified atom stereocenters. The van der Waals surface area contributed by atoms with Gasteiger partial charge < -0.3 is 5.32 Å². The summed E-state index contributed by atoms with van der Waals surface area (Å²) in [5.74, 6) is 0.547. The Labute approximate surface area is 109 Å². The highest BCUT2D eigenvalue weighted by molar-refractivity contribution is 7.09. The highest BCUT2D eigenvalue weighted by Gasteiger charge is 2.20. The molecule has 1 saturated carbocycles. The van der Waals surface area contributed by atoms with Crippen molar-refractivity contribution in [2.24, 2.45) is 5.92 Å². The highest BCUT2D eigenvalue weighted by atomic mass is 32.1. The van der Waals surface area contributed by atoms with Crippen LogP contribution in [0.15, 0.2) is 23.8 Å². The molecule has 2 heterocycles. The third-order valence-electron chi connectivity index (χ3n) is 2.96. The van der Waals surface area contributed by atoms with E-state index in [0.717, 1.165) is 35.3 Å². The summed E-state index contributed by atoms with van der Waals surface area (Å²) in [6.45, 7) is 1.88. The molecule has 0 aliphatic heterocycles. The van der Waals surface area contributed by atoms with E-state index in [9.17, 15) is 4.39 Å². The number of hydrogen-bond acceptors (Lipinski definition) is 4. The van der Waals surface area contributed by atoms with Crippen LogP contribution in [0.5, 0.6) is 0 Å². The molecule has 0 bridgehead atoms. The summed E-state index contributed by atoms with van der Waals surface area (Å²) in [5, 5.41) is 6.38. The molecule has 1 aliphatic carbocycles. The Morgan fingerprint density at radius 2 is 2.28 bits per heavy atom. The van der Waals surface area contributed by atoms with Gasteiger partial charge in [-0.15, -0.1) is 11.3 Å². The Kier molecular flexibility index (Phi) is 3.34. The monoisotopic (exact) mass is 263 g/mol. The first kappa shape index (κ1) is 11.7. The van der Waals surface area contributed by atoms with E-state index in [4.69, 9.17) is 0 Å². The molecule has 18 heavy (non-hydrogen) atoms. The van der Waals surface area contributed by atoms with Crippen molar-refractivity contribution in [3.05, 3.63) is 34.7 Å². The molecule has 1 N–H and O–H groups in total. The minimum Gasteiger partial charge on any atom is -0.310 e. The maximum Gasteiger partial charge on any atom is 0.142 e. The molecule has 1 fully saturated rings. The summed E-state index contributed by atoms with van der Waals surface area (Å²) in [6.07, 6.45) is 5.55. The van der Waals surface area contributed by atoms with E-state index in [1.165, 1.54) is 25.1 Å². The van der Waals surface area contributed by atoms with Crippen LogP contribution in [-0.4, -0.2) is 16.5 Å². The van der Waals surface area contributed by atoms with Gasteiger partial charge in [0.05, 0.1) is 11.9 Å². The van der Waals surface area contributed by atoms with Crippen LogP contribution in [-0.2, 0) is 6.54 Å². The predicted octanol–water partition coefficient (Wildman–Crippen LogP) is 2.84. The van der Waals surface area contributed by atoms with E-state index in [1.54, 1.807) is 17.5 Å². The average molecular weight is 263 g/mol. The van der Waals surface area contributed by atoms with Gasteiger partial charge in [0.2, 0.25) is 0 Å². The molecule has 3 nitrogen and oxygen atoms in total. The van der Waals surface area contributed by atoms with E-state index >= 15 is 0 Å². The number of hydrogen-bond donors (Lipinski definition) is 1. The Balaban J connectivity index is 1.64. The molecular formula is C13H14FN3S. The molecule has 5 heteroatoms. The van der Waals surface area contributed by atoms with E-state index < -0.39 is 0 Å². The first-order valence-electron chi connectivity index (χ1n) is 6.07. The van der Waals surface area contributed by atoms with E-state index in [1.807, 2.05) is 5.38 Å². The zero-order valence-corrected chi connectivity index (χ0v) is 10.7. The third kappa shape index (κ3) is 2.91. The lowest BCUT2D eigenvalue weighted by molar-refractivity contribution is 0.622. The lowest BCUT2D eigenvalue weighted by atomic mass is 10.2. The zero-order valence-electron chi connectivity index (χ0n) is 9.90. The van der Waals surface area contributed by atoms with Crippen LogP contribution < -0.4 is 5.32 Å². The van der Waals surface area contributed by atoms with Crippen molar-refractivity contribution in [2.75, 3.05) is 6.54 Å². The fraction of sp³-hybridized carbons (Fsp3) is 0.385. The van der Waals surface area contributed by atoms with Crippen molar-refractivity contribution in [1.82, 2.24) is 15.3 Å². The second-order valence-electron chi connectivity index (χ2n) is 4.59. The molecule has 3 rings (SSSR count). The normalized spacial score (nSPS) is 14.9. The quantitative estimate of drug-likeness (QED) is 0.901. The Bertz CT molecular complexity index is 537. The van der Waals surface area contributed by atoms with Crippen molar-refractivity contribution < 1.29 is 4.39 Å². The van der Waals surface area contributed by atoms with E-state index in [0.29, 0.717) is 0 Å². The first-order valence-corrected chi connectivity index (χ1v) is 6.95. The van der Waals surface area contributed by atoms with Crippen molar-refractivity contribution in [2.45, 2.75) is 19.4 Å². The Hall–Kier alpha value is -1.33. The minimum atomic E-state index is -0.325. The largest absolute Gasteiger partial charge is 0.310 e. The van der Waals surface area contributed by atoms with Gasteiger partial charge in [-0.25, -0.2) is 9.37 Å². The SMILES string of the molecule is Fc1cncc(-c2csc(CNCC3CC3)n2)c1. The van der Waals surface area contributed by atoms with Gasteiger partial charge >= 0.3 is 0 Å². The molecule has 2 aromatic heterocycles. The van der Waals surface area contributed by atoms with Gasteiger partial charge in [0.25, 0.3) is 0 Å². The second kappa shape index (κ2) is 5.12. The third-order valence-corrected chi connectivity index (χ3v) is 3.81. The average Bonchev–Trinajstić information content (AvgIpc) is 3.06. The van der Waals surface area contributed by atoms with Crippen LogP contribution in [0.4, 0.5) is 4.39 Å². The van der Waals surface area contributed by atoms with Crippen LogP contribution in [0.1, 0.15) is 17.8 Å². The maximum absolute atomic E-state index is 13.1. The highest BCUT2D eigenvalue weighted by Crippen LogP contribution is 2.28. The van der Waals surface area contributed by atoms with Crippen LogP contribution in [0.3, 0.4) is 0 Å². The second-order valence-corrected chi connectivity index (χ2v) is 5.54. The van der Waals surface area contributed by atoms with Crippen molar-refractivity contribution in [3.63, 3.8) is 0 Å². The van der Waals surface area contributed by atoms with Crippen molar-refractivity contribution in [3.8, 4) is 11.3 Å². The van der Waals surface area contributed by atoms with Crippen molar-refractivity contribution in [1.29, 1.82) is 0 Å². The van der Waals surface area contributed by atoms with Crippen molar-refractivity contribution >= 4 is 11.3 Å². The lowest BCUT2D eigenvalue weighted by Crippen LogP contribution is -2.15. The Morgan fingerprint density at radius 3 is 3.06 bits per heavy atom. The summed E-state index contributed by atoms with van der Waals surface area (Å²) in [7, 11) is 0. The number of rotatable bonds is 5. The van der Waals surface area contributed by atoms with E-state index in [-0.39, 0.29) is 5.82 Å². The smallest absolute Gasteiger partial charge is 0.142 e. The number of aromatic nitrogens is 2. The molecule has 0 atom stereocenters. The summed E-state index contributed by atoms with van der Waals surface area (Å²) in [4.78, 5) is 8.33. The number of pyridine rings is 1. The zero-order chi connectivity index (χ0) is 12.4. The van der Waals surface area contributed by atoms with Gasteiger partial charge in [-0.3, -0.25) is 4.98 Å². The standard InChI is InChI=1S/C13H14FN3S/c14-11-3-10(5-16-6-11)12-8-18-13(17-12)7-15-4-9-1-2-9/h3,5-6,8-9,15H,1-2,4,7H2. The predicted molar refractivity (Wildman–Crippen MR) is 69.7 cm³/mol. The summed E-state index contributed by atoms with van der Waals surface area (Å²) in [6, 6.07) is 1.46. The fourth-order valence-corrected chi connectivity index (χ4v) is 2.55. The van der Waals surface area contributed by atoms with Crippen LogP contribution >= 0.6 is 11.3 Å². The molecule has 1 aliphatic rings. The van der Waals surface area contributed by atoms with Gasteiger partial charge in [0, 0.05) is 23.7 Å². The molecular weight excluding hydrogens is 249 g/mol. The molecule has 94 valence electrons. The van der Waals surface area contributed by atoms with Gasteiger partial charge in [-0.1, -0.05) is 0 Å². The molecule has 0 spiro atoms. The molecule has 0 aromatic carbocycles. The van der Waals surface area contributed by atoms with Crippen LogP contribution in [0, 0.1) is 11.7 Å². The molecule has 0 amide bonds. The topological polar surface area (TPSA) is 37.8 Å². The summed E-state index contributed by atoms with van der Waals surface area (Å²) < 4.78 is 13.1. The number of thiazole rings is 1. The summed E-state index contributed by atoms with van der Waals surface area (Å²) in [5.41, 5.74) is 1.54. The van der Waals surface area contributed by atoms with Crippen LogP contribution in [0.2, 0.25) is 0 Å². The maximum atomic E-state index is 13.1. The van der Waals surface area contributed by atoms with Gasteiger partial charge in [0.1, 0.15) is 10.8 Å². The molecule has 0 radical (unpaired) electrons. The lowest BCUT2D eigenvalue weighted by Gasteiger charge is -1.99. The molecule has 2 aromatic rings. The summed E-state index contributed by atoms with van der Waals surface area (Å²) >= 11 is 1.60. The Morgan fingerprint density at radius 1 is 1.39 bits per heavy atom. The van der Waals surface area contributed by atoms with Gasteiger partial charge in [-0.05, 0) is 31.4 Å². The number of nitrogens with zero attached hydrogens (tertiary/aromatic N) is 2. The fourth-order valence-electron chi connectivity index (χ4n) is 1.78.